The van der Waals surface area contributed by atoms with Gasteiger partial charge in [0.15, 0.2) is 0 Å². The first-order chi connectivity index (χ1) is 8.78. The summed E-state index contributed by atoms with van der Waals surface area (Å²) in [5, 5.41) is 13.2. The Morgan fingerprint density at radius 3 is 2.72 bits per heavy atom. The van der Waals surface area contributed by atoms with E-state index in [0.717, 1.165) is 9.92 Å². The molecule has 94 valence electrons. The Morgan fingerprint density at radius 2 is 2.00 bits per heavy atom. The molecule has 0 aliphatic carbocycles. The van der Waals surface area contributed by atoms with Crippen molar-refractivity contribution in [3.05, 3.63) is 41.6 Å². The van der Waals surface area contributed by atoms with Crippen LogP contribution >= 0.6 is 23.4 Å². The van der Waals surface area contributed by atoms with Gasteiger partial charge in [-0.15, -0.1) is 0 Å². The minimum absolute atomic E-state index is 0.0535. The summed E-state index contributed by atoms with van der Waals surface area (Å²) in [6, 6.07) is 9.40. The molecule has 2 rings (SSSR count). The molecule has 0 bridgehead atoms. The van der Waals surface area contributed by atoms with Gasteiger partial charge in [-0.25, -0.2) is 9.97 Å². The predicted octanol–water partition coefficient (Wildman–Crippen LogP) is 2.69. The Morgan fingerprint density at radius 1 is 1.22 bits per heavy atom. The highest BCUT2D eigenvalue weighted by atomic mass is 35.5. The number of aromatic nitrogens is 2. The SMILES string of the molecule is OCCNc1nccc(Sc2ccc(Cl)cc2)n1. The Kier molecular flexibility index (Phi) is 4.81. The summed E-state index contributed by atoms with van der Waals surface area (Å²) in [6.07, 6.45) is 1.69. The number of aliphatic hydroxyl groups excluding tert-OH is 1. The van der Waals surface area contributed by atoms with Crippen LogP contribution in [0.4, 0.5) is 5.95 Å². The average molecular weight is 282 g/mol. The van der Waals surface area contributed by atoms with Crippen LogP contribution in [-0.4, -0.2) is 28.2 Å². The van der Waals surface area contributed by atoms with E-state index in [9.17, 15) is 0 Å². The largest absolute Gasteiger partial charge is 0.395 e. The summed E-state index contributed by atoms with van der Waals surface area (Å²) in [7, 11) is 0. The number of nitrogens with zero attached hydrogens (tertiary/aromatic N) is 2. The number of halogens is 1. The van der Waals surface area contributed by atoms with Gasteiger partial charge in [0.2, 0.25) is 5.95 Å². The molecule has 0 saturated heterocycles. The molecule has 2 aromatic rings. The van der Waals surface area contributed by atoms with Gasteiger partial charge in [-0.3, -0.25) is 0 Å². The molecule has 0 radical (unpaired) electrons. The van der Waals surface area contributed by atoms with Crippen molar-refractivity contribution in [3.63, 3.8) is 0 Å². The fraction of sp³-hybridized carbons (Fsp3) is 0.167. The normalized spacial score (nSPS) is 10.3. The second-order valence-electron chi connectivity index (χ2n) is 3.42. The molecule has 18 heavy (non-hydrogen) atoms. The van der Waals surface area contributed by atoms with Gasteiger partial charge < -0.3 is 10.4 Å². The Balaban J connectivity index is 2.06. The first-order valence-electron chi connectivity index (χ1n) is 5.39. The van der Waals surface area contributed by atoms with Gasteiger partial charge >= 0.3 is 0 Å². The van der Waals surface area contributed by atoms with E-state index < -0.39 is 0 Å². The van der Waals surface area contributed by atoms with Crippen LogP contribution in [-0.2, 0) is 0 Å². The summed E-state index contributed by atoms with van der Waals surface area (Å²) in [5.41, 5.74) is 0. The van der Waals surface area contributed by atoms with Crippen LogP contribution in [0.5, 0.6) is 0 Å². The van der Waals surface area contributed by atoms with Gasteiger partial charge in [0.1, 0.15) is 5.03 Å². The van der Waals surface area contributed by atoms with E-state index in [4.69, 9.17) is 16.7 Å². The minimum atomic E-state index is 0.0535. The molecule has 1 aromatic heterocycles. The lowest BCUT2D eigenvalue weighted by Gasteiger charge is -2.04. The van der Waals surface area contributed by atoms with Crippen molar-refractivity contribution in [2.75, 3.05) is 18.5 Å². The first kappa shape index (κ1) is 13.1. The van der Waals surface area contributed by atoms with Crippen molar-refractivity contribution in [1.29, 1.82) is 0 Å². The second-order valence-corrected chi connectivity index (χ2v) is 4.96. The topological polar surface area (TPSA) is 58.0 Å². The lowest BCUT2D eigenvalue weighted by atomic mass is 10.4. The lowest BCUT2D eigenvalue weighted by Crippen LogP contribution is -2.08. The van der Waals surface area contributed by atoms with Gasteiger partial charge in [-0.1, -0.05) is 23.4 Å². The van der Waals surface area contributed by atoms with Crippen molar-refractivity contribution in [3.8, 4) is 0 Å². The molecule has 0 fully saturated rings. The lowest BCUT2D eigenvalue weighted by molar-refractivity contribution is 0.310. The molecule has 6 heteroatoms. The summed E-state index contributed by atoms with van der Waals surface area (Å²) < 4.78 is 0. The molecule has 0 aliphatic heterocycles. The zero-order valence-electron chi connectivity index (χ0n) is 9.51. The Bertz CT molecular complexity index is 507. The summed E-state index contributed by atoms with van der Waals surface area (Å²) in [5.74, 6) is 0.517. The van der Waals surface area contributed by atoms with Crippen LogP contribution in [0.1, 0.15) is 0 Å². The number of hydrogen-bond donors (Lipinski definition) is 2. The van der Waals surface area contributed by atoms with E-state index in [0.29, 0.717) is 17.5 Å². The van der Waals surface area contributed by atoms with E-state index >= 15 is 0 Å². The highest BCUT2D eigenvalue weighted by Gasteiger charge is 2.01. The zero-order valence-corrected chi connectivity index (χ0v) is 11.1. The van der Waals surface area contributed by atoms with Crippen LogP contribution in [0.2, 0.25) is 5.02 Å². The number of rotatable bonds is 5. The predicted molar refractivity (Wildman–Crippen MR) is 73.2 cm³/mol. The van der Waals surface area contributed by atoms with E-state index in [1.165, 1.54) is 11.8 Å². The molecule has 0 unspecified atom stereocenters. The molecule has 4 nitrogen and oxygen atoms in total. The smallest absolute Gasteiger partial charge is 0.223 e. The maximum Gasteiger partial charge on any atom is 0.223 e. The Hall–Kier alpha value is -1.30. The zero-order chi connectivity index (χ0) is 12.8. The summed E-state index contributed by atoms with van der Waals surface area (Å²) in [6.45, 7) is 0.493. The molecular weight excluding hydrogens is 270 g/mol. The van der Waals surface area contributed by atoms with Gasteiger partial charge in [-0.05, 0) is 30.3 Å². The third-order valence-electron chi connectivity index (χ3n) is 2.06. The van der Waals surface area contributed by atoms with E-state index in [1.54, 1.807) is 6.20 Å². The van der Waals surface area contributed by atoms with Gasteiger partial charge in [-0.2, -0.15) is 0 Å². The quantitative estimate of drug-likeness (QED) is 0.825. The van der Waals surface area contributed by atoms with Crippen LogP contribution in [0.25, 0.3) is 0 Å². The van der Waals surface area contributed by atoms with Gasteiger partial charge in [0.05, 0.1) is 6.61 Å². The van der Waals surface area contributed by atoms with Crippen molar-refractivity contribution >= 4 is 29.3 Å². The van der Waals surface area contributed by atoms with E-state index in [-0.39, 0.29) is 6.61 Å². The van der Waals surface area contributed by atoms with Gasteiger partial charge in [0.25, 0.3) is 0 Å². The van der Waals surface area contributed by atoms with Crippen molar-refractivity contribution in [1.82, 2.24) is 9.97 Å². The van der Waals surface area contributed by atoms with Crippen molar-refractivity contribution in [2.45, 2.75) is 9.92 Å². The first-order valence-corrected chi connectivity index (χ1v) is 6.58. The standard InChI is InChI=1S/C12H12ClN3OS/c13-9-1-3-10(4-2-9)18-11-5-6-14-12(16-11)15-7-8-17/h1-6,17H,7-8H2,(H,14,15,16). The van der Waals surface area contributed by atoms with Crippen LogP contribution in [0.15, 0.2) is 46.5 Å². The van der Waals surface area contributed by atoms with Gasteiger partial charge in [0, 0.05) is 22.7 Å². The fourth-order valence-electron chi connectivity index (χ4n) is 1.28. The van der Waals surface area contributed by atoms with E-state index in [2.05, 4.69) is 15.3 Å². The molecule has 0 aliphatic rings. The third-order valence-corrected chi connectivity index (χ3v) is 3.26. The van der Waals surface area contributed by atoms with Crippen LogP contribution in [0, 0.1) is 0 Å². The average Bonchev–Trinajstić information content (AvgIpc) is 2.40. The Labute approximate surface area is 114 Å². The molecule has 0 saturated carbocycles. The third kappa shape index (κ3) is 3.87. The van der Waals surface area contributed by atoms with E-state index in [1.807, 2.05) is 30.3 Å². The number of anilines is 1. The van der Waals surface area contributed by atoms with Crippen molar-refractivity contribution in [2.24, 2.45) is 0 Å². The summed E-state index contributed by atoms with van der Waals surface area (Å²) in [4.78, 5) is 9.45. The number of nitrogens with one attached hydrogen (secondary N) is 1. The maximum atomic E-state index is 8.72. The molecule has 1 aromatic carbocycles. The highest BCUT2D eigenvalue weighted by Crippen LogP contribution is 2.27. The van der Waals surface area contributed by atoms with Crippen LogP contribution in [0.3, 0.4) is 0 Å². The number of benzene rings is 1. The monoisotopic (exact) mass is 281 g/mol. The molecular formula is C12H12ClN3OS. The molecule has 0 spiro atoms. The van der Waals surface area contributed by atoms with Crippen molar-refractivity contribution < 1.29 is 5.11 Å². The van der Waals surface area contributed by atoms with Crippen LogP contribution < -0.4 is 5.32 Å². The molecule has 0 amide bonds. The number of aliphatic hydroxyl groups is 1. The minimum Gasteiger partial charge on any atom is -0.395 e. The highest BCUT2D eigenvalue weighted by molar-refractivity contribution is 7.99. The molecule has 2 N–H and O–H groups in total. The fourth-order valence-corrected chi connectivity index (χ4v) is 2.18. The second kappa shape index (κ2) is 6.58. The molecule has 1 heterocycles. The molecule has 0 atom stereocenters. The maximum absolute atomic E-state index is 8.72. The number of hydrogen-bond acceptors (Lipinski definition) is 5. The summed E-state index contributed by atoms with van der Waals surface area (Å²) >= 11 is 7.36.